The number of alkyl halides is 1. The zero-order valence-electron chi connectivity index (χ0n) is 14.9. The van der Waals surface area contributed by atoms with Gasteiger partial charge in [0.15, 0.2) is 11.5 Å². The molecule has 0 aliphatic carbocycles. The van der Waals surface area contributed by atoms with Crippen LogP contribution < -0.4 is 9.47 Å². The molecule has 1 aliphatic rings. The maximum Gasteiger partial charge on any atom is 0.176 e. The van der Waals surface area contributed by atoms with Crippen LogP contribution in [0, 0.1) is 5.41 Å². The molecule has 0 amide bonds. The highest BCUT2D eigenvalue weighted by molar-refractivity contribution is 14.1. The van der Waals surface area contributed by atoms with Crippen LogP contribution in [0.4, 0.5) is 0 Å². The monoisotopic (exact) mass is 436 g/mol. The number of fused-ring (bicyclic) bond motifs is 1. The van der Waals surface area contributed by atoms with Gasteiger partial charge in [-0.15, -0.1) is 11.3 Å². The summed E-state index contributed by atoms with van der Waals surface area (Å²) in [5.41, 5.74) is 0.211. The molecule has 0 radical (unpaired) electrons. The first-order valence-electron chi connectivity index (χ1n) is 8.16. The molecule has 2 heterocycles. The first-order valence-corrected chi connectivity index (χ1v) is 10.1. The van der Waals surface area contributed by atoms with Crippen LogP contribution in [0.3, 0.4) is 0 Å². The summed E-state index contributed by atoms with van der Waals surface area (Å²) >= 11 is 4.36. The van der Waals surface area contributed by atoms with Gasteiger partial charge in [0, 0.05) is 10.8 Å². The molecule has 0 bridgehead atoms. The lowest BCUT2D eigenvalue weighted by molar-refractivity contribution is 0.0936. The summed E-state index contributed by atoms with van der Waals surface area (Å²) in [6.07, 6.45) is 2.18. The van der Waals surface area contributed by atoms with Crippen molar-refractivity contribution in [2.75, 3.05) is 13.2 Å². The topological polar surface area (TPSA) is 18.5 Å². The predicted octanol–water partition coefficient (Wildman–Crippen LogP) is 6.29. The molecule has 1 aromatic heterocycles. The van der Waals surface area contributed by atoms with Crippen molar-refractivity contribution in [2.24, 2.45) is 5.41 Å². The Balaban J connectivity index is 2.53. The van der Waals surface area contributed by atoms with Crippen LogP contribution in [0.5, 0.6) is 11.5 Å². The van der Waals surface area contributed by atoms with Crippen molar-refractivity contribution >= 4 is 33.9 Å². The first kappa shape index (κ1) is 18.4. The summed E-state index contributed by atoms with van der Waals surface area (Å²) < 4.78 is 12.8. The summed E-state index contributed by atoms with van der Waals surface area (Å²) in [6.45, 7) is 17.2. The number of rotatable bonds is 3. The van der Waals surface area contributed by atoms with Gasteiger partial charge in [-0.05, 0) is 26.7 Å². The lowest BCUT2D eigenvalue weighted by atomic mass is 9.84. The van der Waals surface area contributed by atoms with Crippen molar-refractivity contribution < 1.29 is 9.47 Å². The Labute approximate surface area is 153 Å². The van der Waals surface area contributed by atoms with Crippen molar-refractivity contribution in [1.82, 2.24) is 0 Å². The van der Waals surface area contributed by atoms with E-state index in [-0.39, 0.29) is 14.3 Å². The van der Waals surface area contributed by atoms with Crippen LogP contribution in [0.1, 0.15) is 71.1 Å². The predicted molar refractivity (Wildman–Crippen MR) is 104 cm³/mol. The maximum absolute atomic E-state index is 6.36. The molecule has 0 N–H and O–H groups in total. The van der Waals surface area contributed by atoms with Crippen LogP contribution in [-0.4, -0.2) is 13.2 Å². The van der Waals surface area contributed by atoms with Gasteiger partial charge in [-0.2, -0.15) is 0 Å². The fourth-order valence-corrected chi connectivity index (χ4v) is 4.52. The third-order valence-corrected chi connectivity index (χ3v) is 7.40. The second kappa shape index (κ2) is 6.15. The Bertz CT molecular complexity index is 488. The Morgan fingerprint density at radius 1 is 0.955 bits per heavy atom. The maximum atomic E-state index is 6.36. The molecule has 2 nitrogen and oxygen atoms in total. The number of thiophene rings is 1. The minimum Gasteiger partial charge on any atom is -0.488 e. The van der Waals surface area contributed by atoms with Crippen LogP contribution in [0.25, 0.3) is 0 Å². The highest BCUT2D eigenvalue weighted by Crippen LogP contribution is 2.55. The van der Waals surface area contributed by atoms with E-state index in [2.05, 4.69) is 71.1 Å². The van der Waals surface area contributed by atoms with Gasteiger partial charge < -0.3 is 9.47 Å². The number of hydrogen-bond acceptors (Lipinski definition) is 3. The normalized spacial score (nSPS) is 18.2. The van der Waals surface area contributed by atoms with Gasteiger partial charge in [0.2, 0.25) is 0 Å². The van der Waals surface area contributed by atoms with Crippen LogP contribution in [0.15, 0.2) is 0 Å². The summed E-state index contributed by atoms with van der Waals surface area (Å²) in [5.74, 6) is 2.00. The zero-order chi connectivity index (χ0) is 16.8. The Kier molecular flexibility index (Phi) is 5.14. The molecule has 2 rings (SSSR count). The van der Waals surface area contributed by atoms with E-state index in [0.717, 1.165) is 37.6 Å². The Morgan fingerprint density at radius 2 is 1.41 bits per heavy atom. The molecule has 1 aliphatic heterocycles. The molecular weight excluding hydrogens is 407 g/mol. The second-order valence-electron chi connectivity index (χ2n) is 7.93. The standard InChI is InChI=1S/C18H29IO2S/c1-8-18(9-2)10-20-12-13(21-11-18)15(17(6,7)19)22-14(12)16(3,4)5/h8-11H2,1-7H3. The largest absolute Gasteiger partial charge is 0.488 e. The summed E-state index contributed by atoms with van der Waals surface area (Å²) in [6, 6.07) is 0. The number of ether oxygens (including phenoxy) is 2. The highest BCUT2D eigenvalue weighted by atomic mass is 127. The van der Waals surface area contributed by atoms with Crippen molar-refractivity contribution in [3.05, 3.63) is 9.75 Å². The fourth-order valence-electron chi connectivity index (χ4n) is 2.70. The van der Waals surface area contributed by atoms with E-state index in [0.29, 0.717) is 0 Å². The van der Waals surface area contributed by atoms with Crippen molar-refractivity contribution in [1.29, 1.82) is 0 Å². The van der Waals surface area contributed by atoms with E-state index in [4.69, 9.17) is 9.47 Å². The average molecular weight is 436 g/mol. The van der Waals surface area contributed by atoms with Gasteiger partial charge in [-0.3, -0.25) is 0 Å². The lowest BCUT2D eigenvalue weighted by Gasteiger charge is -2.29. The van der Waals surface area contributed by atoms with Crippen LogP contribution >= 0.6 is 33.9 Å². The smallest absolute Gasteiger partial charge is 0.176 e. The second-order valence-corrected chi connectivity index (χ2v) is 11.6. The van der Waals surface area contributed by atoms with Gasteiger partial charge in [-0.1, -0.05) is 57.2 Å². The summed E-state index contributed by atoms with van der Waals surface area (Å²) in [4.78, 5) is 2.61. The molecule has 22 heavy (non-hydrogen) atoms. The molecular formula is C18H29IO2S. The molecule has 0 aromatic carbocycles. The fraction of sp³-hybridized carbons (Fsp3) is 0.778. The van der Waals surface area contributed by atoms with E-state index in [1.165, 1.54) is 9.75 Å². The first-order chi connectivity index (χ1) is 10.0. The van der Waals surface area contributed by atoms with Crippen LogP contribution in [-0.2, 0) is 8.84 Å². The number of halogens is 1. The molecule has 126 valence electrons. The molecule has 0 fully saturated rings. The van der Waals surface area contributed by atoms with E-state index in [1.807, 2.05) is 11.3 Å². The minimum absolute atomic E-state index is 0.0464. The summed E-state index contributed by atoms with van der Waals surface area (Å²) in [5, 5.41) is 0. The van der Waals surface area contributed by atoms with Crippen molar-refractivity contribution in [3.63, 3.8) is 0 Å². The molecule has 0 spiro atoms. The third-order valence-electron chi connectivity index (χ3n) is 4.59. The van der Waals surface area contributed by atoms with E-state index < -0.39 is 0 Å². The van der Waals surface area contributed by atoms with E-state index in [1.54, 1.807) is 0 Å². The van der Waals surface area contributed by atoms with E-state index in [9.17, 15) is 0 Å². The van der Waals surface area contributed by atoms with Crippen molar-refractivity contribution in [3.8, 4) is 11.5 Å². The SMILES string of the molecule is CCC1(CC)COc2c(C(C)(C)C)sc(C(C)(C)I)c2OC1. The molecule has 1 aromatic rings. The molecule has 0 unspecified atom stereocenters. The van der Waals surface area contributed by atoms with Gasteiger partial charge in [0.25, 0.3) is 0 Å². The lowest BCUT2D eigenvalue weighted by Crippen LogP contribution is -2.32. The number of hydrogen-bond donors (Lipinski definition) is 0. The third kappa shape index (κ3) is 3.42. The van der Waals surface area contributed by atoms with E-state index >= 15 is 0 Å². The van der Waals surface area contributed by atoms with Crippen molar-refractivity contribution in [2.45, 2.75) is 70.1 Å². The van der Waals surface area contributed by atoms with Gasteiger partial charge in [0.1, 0.15) is 0 Å². The Hall–Kier alpha value is 0.0300. The quantitative estimate of drug-likeness (QED) is 0.409. The van der Waals surface area contributed by atoms with Crippen LogP contribution in [0.2, 0.25) is 0 Å². The summed E-state index contributed by atoms with van der Waals surface area (Å²) in [7, 11) is 0. The average Bonchev–Trinajstić information content (AvgIpc) is 2.69. The highest BCUT2D eigenvalue weighted by Gasteiger charge is 2.39. The minimum atomic E-state index is 0.0464. The zero-order valence-corrected chi connectivity index (χ0v) is 17.9. The van der Waals surface area contributed by atoms with Gasteiger partial charge in [-0.25, -0.2) is 0 Å². The molecule has 0 atom stereocenters. The van der Waals surface area contributed by atoms with Gasteiger partial charge >= 0.3 is 0 Å². The molecule has 0 saturated carbocycles. The molecule has 0 saturated heterocycles. The Morgan fingerprint density at radius 3 is 1.77 bits per heavy atom. The van der Waals surface area contributed by atoms with Gasteiger partial charge in [0.05, 0.1) is 26.4 Å². The molecule has 4 heteroatoms.